The largest absolute Gasteiger partial charge is 0.507 e. The van der Waals surface area contributed by atoms with Crippen LogP contribution in [0.2, 0.25) is 0 Å². The minimum Gasteiger partial charge on any atom is -0.507 e. The van der Waals surface area contributed by atoms with E-state index < -0.39 is 5.97 Å². The second-order valence-corrected chi connectivity index (χ2v) is 5.53. The summed E-state index contributed by atoms with van der Waals surface area (Å²) in [5.74, 6) is -0.893. The monoisotopic (exact) mass is 279 g/mol. The van der Waals surface area contributed by atoms with Crippen LogP contribution in [0.1, 0.15) is 38.3 Å². The molecule has 1 fully saturated rings. The highest BCUT2D eigenvalue weighted by Gasteiger charge is 2.33. The predicted molar refractivity (Wildman–Crippen MR) is 74.7 cm³/mol. The number of aliphatic carboxylic acids is 1. The van der Waals surface area contributed by atoms with Gasteiger partial charge in [0, 0.05) is 12.1 Å². The van der Waals surface area contributed by atoms with Crippen molar-refractivity contribution < 1.29 is 20.1 Å². The summed E-state index contributed by atoms with van der Waals surface area (Å²) >= 11 is 0. The average molecular weight is 279 g/mol. The number of nitrogens with zero attached hydrogens (tertiary/aromatic N) is 1. The van der Waals surface area contributed by atoms with Crippen molar-refractivity contribution in [2.24, 2.45) is 5.92 Å². The Morgan fingerprint density at radius 2 is 1.95 bits per heavy atom. The van der Waals surface area contributed by atoms with Crippen LogP contribution in [-0.2, 0) is 4.79 Å². The molecule has 5 nitrogen and oxygen atoms in total. The number of hydrogen-bond donors (Lipinski definition) is 3. The first-order valence-corrected chi connectivity index (χ1v) is 6.91. The Bertz CT molecular complexity index is 482. The zero-order valence-electron chi connectivity index (χ0n) is 11.8. The highest BCUT2D eigenvalue weighted by Crippen LogP contribution is 2.38. The van der Waals surface area contributed by atoms with Gasteiger partial charge in [0.15, 0.2) is 0 Å². The average Bonchev–Trinajstić information content (AvgIpc) is 2.38. The van der Waals surface area contributed by atoms with Crippen molar-refractivity contribution in [2.45, 2.75) is 38.8 Å². The molecule has 0 amide bonds. The van der Waals surface area contributed by atoms with Crippen molar-refractivity contribution in [1.29, 1.82) is 0 Å². The second-order valence-electron chi connectivity index (χ2n) is 5.53. The van der Waals surface area contributed by atoms with Gasteiger partial charge in [-0.2, -0.15) is 0 Å². The number of phenols is 2. The van der Waals surface area contributed by atoms with Crippen LogP contribution in [0.25, 0.3) is 0 Å². The summed E-state index contributed by atoms with van der Waals surface area (Å²) in [6.07, 6.45) is 1.19. The second kappa shape index (κ2) is 5.71. The molecule has 3 unspecified atom stereocenters. The van der Waals surface area contributed by atoms with E-state index in [0.717, 1.165) is 0 Å². The third-order valence-corrected chi connectivity index (χ3v) is 4.25. The summed E-state index contributed by atoms with van der Waals surface area (Å²) in [6, 6.07) is 4.65. The van der Waals surface area contributed by atoms with Crippen LogP contribution in [0.15, 0.2) is 18.2 Å². The van der Waals surface area contributed by atoms with Gasteiger partial charge >= 0.3 is 5.97 Å². The van der Waals surface area contributed by atoms with Crippen LogP contribution in [0.4, 0.5) is 0 Å². The lowest BCUT2D eigenvalue weighted by molar-refractivity contribution is -0.144. The van der Waals surface area contributed by atoms with Gasteiger partial charge in [0.05, 0.1) is 11.5 Å². The molecule has 3 atom stereocenters. The SMILES string of the molecule is CC1CC(C(=O)O)CCN1C(C)c1c(O)cccc1O. The Labute approximate surface area is 118 Å². The molecule has 1 aliphatic rings. The summed E-state index contributed by atoms with van der Waals surface area (Å²) in [7, 11) is 0. The molecule has 0 aliphatic carbocycles. The van der Waals surface area contributed by atoms with Crippen molar-refractivity contribution >= 4 is 5.97 Å². The fourth-order valence-corrected chi connectivity index (χ4v) is 3.12. The van der Waals surface area contributed by atoms with Gasteiger partial charge in [-0.3, -0.25) is 9.69 Å². The normalized spacial score (nSPS) is 25.3. The molecule has 20 heavy (non-hydrogen) atoms. The topological polar surface area (TPSA) is 81.0 Å². The van der Waals surface area contributed by atoms with E-state index in [1.165, 1.54) is 0 Å². The maximum Gasteiger partial charge on any atom is 0.306 e. The number of carboxylic acid groups (broad SMARTS) is 1. The van der Waals surface area contributed by atoms with E-state index in [0.29, 0.717) is 24.9 Å². The predicted octanol–water partition coefficient (Wildman–Crippen LogP) is 2.34. The third-order valence-electron chi connectivity index (χ3n) is 4.25. The number of carboxylic acids is 1. The number of aromatic hydroxyl groups is 2. The first-order chi connectivity index (χ1) is 9.41. The molecule has 0 bridgehead atoms. The fraction of sp³-hybridized carbons (Fsp3) is 0.533. The van der Waals surface area contributed by atoms with Gasteiger partial charge in [-0.05, 0) is 45.4 Å². The molecule has 0 saturated carbocycles. The first kappa shape index (κ1) is 14.7. The lowest BCUT2D eigenvalue weighted by Crippen LogP contribution is -2.43. The van der Waals surface area contributed by atoms with Crippen LogP contribution in [-0.4, -0.2) is 38.8 Å². The number of rotatable bonds is 3. The molecule has 1 heterocycles. The van der Waals surface area contributed by atoms with Crippen LogP contribution >= 0.6 is 0 Å². The quantitative estimate of drug-likeness (QED) is 0.791. The number of hydrogen-bond acceptors (Lipinski definition) is 4. The van der Waals surface area contributed by atoms with Crippen molar-refractivity contribution in [2.75, 3.05) is 6.54 Å². The lowest BCUT2D eigenvalue weighted by Gasteiger charge is -2.40. The molecule has 0 radical (unpaired) electrons. The minimum atomic E-state index is -0.741. The Hall–Kier alpha value is -1.75. The van der Waals surface area contributed by atoms with Crippen LogP contribution < -0.4 is 0 Å². The highest BCUT2D eigenvalue weighted by atomic mass is 16.4. The molecule has 0 spiro atoms. The number of phenolic OH excluding ortho intramolecular Hbond substituents is 2. The van der Waals surface area contributed by atoms with Gasteiger partial charge < -0.3 is 15.3 Å². The fourth-order valence-electron chi connectivity index (χ4n) is 3.12. The molecular weight excluding hydrogens is 258 g/mol. The molecule has 5 heteroatoms. The zero-order chi connectivity index (χ0) is 14.9. The maximum atomic E-state index is 11.1. The van der Waals surface area contributed by atoms with Crippen molar-refractivity contribution in [3.05, 3.63) is 23.8 Å². The van der Waals surface area contributed by atoms with Gasteiger partial charge in [0.1, 0.15) is 11.5 Å². The Kier molecular flexibility index (Phi) is 4.18. The van der Waals surface area contributed by atoms with Crippen molar-refractivity contribution in [1.82, 2.24) is 4.90 Å². The zero-order valence-corrected chi connectivity index (χ0v) is 11.8. The Balaban J connectivity index is 2.18. The summed E-state index contributed by atoms with van der Waals surface area (Å²) < 4.78 is 0. The number of likely N-dealkylation sites (tertiary alicyclic amines) is 1. The molecule has 1 aliphatic heterocycles. The minimum absolute atomic E-state index is 0.0741. The van der Waals surface area contributed by atoms with Crippen molar-refractivity contribution in [3.63, 3.8) is 0 Å². The van der Waals surface area contributed by atoms with E-state index in [1.54, 1.807) is 18.2 Å². The van der Waals surface area contributed by atoms with E-state index in [4.69, 9.17) is 5.11 Å². The van der Waals surface area contributed by atoms with Gasteiger partial charge in [0.2, 0.25) is 0 Å². The molecule has 110 valence electrons. The number of benzene rings is 1. The Morgan fingerprint density at radius 3 is 2.45 bits per heavy atom. The molecular formula is C15H21NO4. The molecule has 1 saturated heterocycles. The summed E-state index contributed by atoms with van der Waals surface area (Å²) in [6.45, 7) is 4.56. The Morgan fingerprint density at radius 1 is 1.35 bits per heavy atom. The number of carbonyl (C=O) groups is 1. The highest BCUT2D eigenvalue weighted by molar-refractivity contribution is 5.70. The van der Waals surface area contributed by atoms with E-state index in [2.05, 4.69) is 4.90 Å². The van der Waals surface area contributed by atoms with E-state index in [-0.39, 0.29) is 29.5 Å². The molecule has 0 aromatic heterocycles. The smallest absolute Gasteiger partial charge is 0.306 e. The van der Waals surface area contributed by atoms with Crippen molar-refractivity contribution in [3.8, 4) is 11.5 Å². The van der Waals surface area contributed by atoms with Crippen LogP contribution in [0.3, 0.4) is 0 Å². The van der Waals surface area contributed by atoms with E-state index in [1.807, 2.05) is 13.8 Å². The third kappa shape index (κ3) is 2.72. The summed E-state index contributed by atoms with van der Waals surface area (Å²) in [5.41, 5.74) is 0.508. The maximum absolute atomic E-state index is 11.1. The number of piperidine rings is 1. The van der Waals surface area contributed by atoms with Gasteiger partial charge in [-0.15, -0.1) is 0 Å². The standard InChI is InChI=1S/C15H21NO4/c1-9-8-11(15(19)20)6-7-16(9)10(2)14-12(17)4-3-5-13(14)18/h3-5,9-11,17-18H,6-8H2,1-2H3,(H,19,20). The molecule has 2 rings (SSSR count). The molecule has 1 aromatic carbocycles. The lowest BCUT2D eigenvalue weighted by atomic mass is 9.89. The van der Waals surface area contributed by atoms with Gasteiger partial charge in [-0.25, -0.2) is 0 Å². The summed E-state index contributed by atoms with van der Waals surface area (Å²) in [4.78, 5) is 13.2. The first-order valence-electron chi connectivity index (χ1n) is 6.91. The van der Waals surface area contributed by atoms with E-state index in [9.17, 15) is 15.0 Å². The van der Waals surface area contributed by atoms with E-state index >= 15 is 0 Å². The van der Waals surface area contributed by atoms with Crippen LogP contribution in [0.5, 0.6) is 11.5 Å². The molecule has 1 aromatic rings. The van der Waals surface area contributed by atoms with Gasteiger partial charge in [0.25, 0.3) is 0 Å². The summed E-state index contributed by atoms with van der Waals surface area (Å²) in [5, 5.41) is 29.0. The van der Waals surface area contributed by atoms with Gasteiger partial charge in [-0.1, -0.05) is 6.07 Å². The molecule has 3 N–H and O–H groups in total. The van der Waals surface area contributed by atoms with Crippen LogP contribution in [0, 0.1) is 5.92 Å².